The number of aromatic nitrogens is 1. The van der Waals surface area contributed by atoms with Gasteiger partial charge >= 0.3 is 0 Å². The van der Waals surface area contributed by atoms with Crippen molar-refractivity contribution in [3.63, 3.8) is 0 Å². The van der Waals surface area contributed by atoms with Gasteiger partial charge in [-0.2, -0.15) is 5.10 Å². The van der Waals surface area contributed by atoms with Gasteiger partial charge in [-0.05, 0) is 37.5 Å². The average Bonchev–Trinajstić information content (AvgIpc) is 2.60. The Hall–Kier alpha value is -1.04. The Labute approximate surface area is 155 Å². The number of hydrogen-bond acceptors (Lipinski definition) is 4. The molecule has 130 valence electrons. The summed E-state index contributed by atoms with van der Waals surface area (Å²) in [6, 6.07) is 0. The van der Waals surface area contributed by atoms with Crippen molar-refractivity contribution in [1.82, 2.24) is 10.4 Å². The third-order valence-corrected chi connectivity index (χ3v) is 6.11. The SMILES string of the molecule is Nc1c(Cl)c(Cl)nc(C(=O)NN=C2CC[C@H]3CCCC[C@H]3C2)c1Cl. The Morgan fingerprint density at radius 1 is 1.12 bits per heavy atom. The van der Waals surface area contributed by atoms with Gasteiger partial charge in [-0.1, -0.05) is 54.1 Å². The maximum Gasteiger partial charge on any atom is 0.291 e. The molecule has 0 unspecified atom stereocenters. The largest absolute Gasteiger partial charge is 0.396 e. The molecule has 1 aromatic rings. The number of nitrogen functional groups attached to an aromatic ring is 1. The van der Waals surface area contributed by atoms with E-state index in [1.807, 2.05) is 0 Å². The fraction of sp³-hybridized carbons (Fsp3) is 0.562. The van der Waals surface area contributed by atoms with E-state index in [-0.39, 0.29) is 26.6 Å². The molecule has 3 N–H and O–H groups in total. The Morgan fingerprint density at radius 2 is 1.83 bits per heavy atom. The van der Waals surface area contributed by atoms with E-state index < -0.39 is 5.91 Å². The Balaban J connectivity index is 1.69. The van der Waals surface area contributed by atoms with Crippen molar-refractivity contribution < 1.29 is 4.79 Å². The average molecular weight is 390 g/mol. The number of hydrazone groups is 1. The summed E-state index contributed by atoms with van der Waals surface area (Å²) >= 11 is 17.8. The molecule has 0 saturated heterocycles. The fourth-order valence-electron chi connectivity index (χ4n) is 3.66. The third-order valence-electron chi connectivity index (χ3n) is 4.97. The lowest BCUT2D eigenvalue weighted by Gasteiger charge is -2.35. The number of pyridine rings is 1. The molecule has 0 spiro atoms. The molecule has 0 aromatic carbocycles. The van der Waals surface area contributed by atoms with Crippen LogP contribution in [0.3, 0.4) is 0 Å². The highest BCUT2D eigenvalue weighted by Gasteiger charge is 2.30. The summed E-state index contributed by atoms with van der Waals surface area (Å²) in [6.45, 7) is 0. The van der Waals surface area contributed by atoms with Crippen LogP contribution in [-0.4, -0.2) is 16.6 Å². The van der Waals surface area contributed by atoms with Gasteiger partial charge in [0.1, 0.15) is 5.02 Å². The summed E-state index contributed by atoms with van der Waals surface area (Å²) in [4.78, 5) is 16.2. The number of nitrogens with zero attached hydrogens (tertiary/aromatic N) is 2. The number of amides is 1. The Bertz CT molecular complexity index is 692. The molecule has 2 fully saturated rings. The maximum atomic E-state index is 12.3. The predicted octanol–water partition coefficient (Wildman–Crippen LogP) is 4.70. The van der Waals surface area contributed by atoms with Crippen molar-refractivity contribution in [2.45, 2.75) is 44.9 Å². The molecule has 1 aromatic heterocycles. The van der Waals surface area contributed by atoms with Crippen LogP contribution in [0.5, 0.6) is 0 Å². The van der Waals surface area contributed by atoms with Gasteiger partial charge in [-0.15, -0.1) is 0 Å². The van der Waals surface area contributed by atoms with Crippen LogP contribution in [0.4, 0.5) is 5.69 Å². The molecule has 24 heavy (non-hydrogen) atoms. The van der Waals surface area contributed by atoms with E-state index >= 15 is 0 Å². The summed E-state index contributed by atoms with van der Waals surface area (Å²) in [5.74, 6) is 0.980. The number of nitrogens with one attached hydrogen (secondary N) is 1. The molecule has 2 aliphatic carbocycles. The Kier molecular flexibility index (Phi) is 5.52. The highest BCUT2D eigenvalue weighted by atomic mass is 35.5. The second kappa shape index (κ2) is 7.46. The van der Waals surface area contributed by atoms with E-state index in [4.69, 9.17) is 40.5 Å². The van der Waals surface area contributed by atoms with Gasteiger partial charge in [-0.25, -0.2) is 10.4 Å². The van der Waals surface area contributed by atoms with Gasteiger partial charge < -0.3 is 5.73 Å². The number of hydrogen-bond donors (Lipinski definition) is 2. The highest BCUT2D eigenvalue weighted by Crippen LogP contribution is 2.39. The van der Waals surface area contributed by atoms with Crippen LogP contribution in [0, 0.1) is 11.8 Å². The van der Waals surface area contributed by atoms with E-state index in [0.29, 0.717) is 5.92 Å². The summed E-state index contributed by atoms with van der Waals surface area (Å²) in [7, 11) is 0. The molecule has 2 saturated carbocycles. The van der Waals surface area contributed by atoms with Crippen LogP contribution in [0.1, 0.15) is 55.4 Å². The zero-order chi connectivity index (χ0) is 17.3. The quantitative estimate of drug-likeness (QED) is 0.568. The van der Waals surface area contributed by atoms with Gasteiger partial charge in [0, 0.05) is 5.71 Å². The minimum Gasteiger partial charge on any atom is -0.396 e. The predicted molar refractivity (Wildman–Crippen MR) is 97.9 cm³/mol. The van der Waals surface area contributed by atoms with Crippen molar-refractivity contribution in [2.75, 3.05) is 5.73 Å². The fourth-order valence-corrected chi connectivity index (χ4v) is 4.25. The van der Waals surface area contributed by atoms with Crippen LogP contribution in [0.25, 0.3) is 0 Å². The first-order valence-electron chi connectivity index (χ1n) is 8.13. The molecule has 1 amide bonds. The van der Waals surface area contributed by atoms with Crippen LogP contribution in [-0.2, 0) is 0 Å². The van der Waals surface area contributed by atoms with Gasteiger partial charge in [0.25, 0.3) is 5.91 Å². The molecule has 0 radical (unpaired) electrons. The summed E-state index contributed by atoms with van der Waals surface area (Å²) in [5, 5.41) is 4.24. The number of carbonyl (C=O) groups is 1. The van der Waals surface area contributed by atoms with Crippen LogP contribution >= 0.6 is 34.8 Å². The summed E-state index contributed by atoms with van der Waals surface area (Å²) in [6.07, 6.45) is 8.25. The van der Waals surface area contributed by atoms with Gasteiger partial charge in [0.15, 0.2) is 10.8 Å². The lowest BCUT2D eigenvalue weighted by Crippen LogP contribution is -2.30. The standard InChI is InChI=1S/C16H19Cl3N4O/c17-11-13(20)12(18)15(19)21-14(11)16(24)23-22-10-6-5-8-3-1-2-4-9(8)7-10/h8-9H,1-7H2,(H2,20,21)(H,23,24)/t8-,9+/m1/s1. The molecule has 0 aliphatic heterocycles. The van der Waals surface area contributed by atoms with E-state index in [0.717, 1.165) is 30.9 Å². The van der Waals surface area contributed by atoms with Crippen LogP contribution in [0.2, 0.25) is 15.2 Å². The zero-order valence-corrected chi connectivity index (χ0v) is 15.4. The van der Waals surface area contributed by atoms with Gasteiger partial charge in [0.2, 0.25) is 0 Å². The number of rotatable bonds is 2. The molecule has 1 heterocycles. The first-order valence-corrected chi connectivity index (χ1v) is 9.26. The van der Waals surface area contributed by atoms with Crippen molar-refractivity contribution in [1.29, 1.82) is 0 Å². The molecular formula is C16H19Cl3N4O. The first kappa shape index (κ1) is 17.8. The van der Waals surface area contributed by atoms with Crippen molar-refractivity contribution in [3.8, 4) is 0 Å². The molecule has 2 aliphatic rings. The van der Waals surface area contributed by atoms with E-state index in [9.17, 15) is 4.79 Å². The molecule has 8 heteroatoms. The number of nitrogens with two attached hydrogens (primary N) is 1. The second-order valence-electron chi connectivity index (χ2n) is 6.46. The lowest BCUT2D eigenvalue weighted by atomic mass is 9.70. The topological polar surface area (TPSA) is 80.4 Å². The van der Waals surface area contributed by atoms with Crippen LogP contribution < -0.4 is 11.2 Å². The van der Waals surface area contributed by atoms with E-state index in [1.165, 1.54) is 25.7 Å². The number of fused-ring (bicyclic) bond motifs is 1. The van der Waals surface area contributed by atoms with E-state index in [1.54, 1.807) is 0 Å². The molecule has 5 nitrogen and oxygen atoms in total. The first-order chi connectivity index (χ1) is 11.5. The van der Waals surface area contributed by atoms with Crippen molar-refractivity contribution in [2.24, 2.45) is 16.9 Å². The van der Waals surface area contributed by atoms with Gasteiger partial charge in [-0.3, -0.25) is 4.79 Å². The highest BCUT2D eigenvalue weighted by molar-refractivity contribution is 6.46. The van der Waals surface area contributed by atoms with Crippen molar-refractivity contribution in [3.05, 3.63) is 20.9 Å². The van der Waals surface area contributed by atoms with E-state index in [2.05, 4.69) is 15.5 Å². The lowest BCUT2D eigenvalue weighted by molar-refractivity contribution is 0.0949. The number of halogens is 3. The normalized spacial score (nSPS) is 25.4. The maximum absolute atomic E-state index is 12.3. The molecular weight excluding hydrogens is 371 g/mol. The number of anilines is 1. The minimum atomic E-state index is -0.538. The van der Waals surface area contributed by atoms with Crippen LogP contribution in [0.15, 0.2) is 5.10 Å². The smallest absolute Gasteiger partial charge is 0.291 e. The summed E-state index contributed by atoms with van der Waals surface area (Å²) < 4.78 is 0. The second-order valence-corrected chi connectivity index (χ2v) is 7.57. The number of carbonyl (C=O) groups excluding carboxylic acids is 1. The minimum absolute atomic E-state index is 0.0157. The Morgan fingerprint density at radius 3 is 2.58 bits per heavy atom. The van der Waals surface area contributed by atoms with Gasteiger partial charge in [0.05, 0.1) is 10.7 Å². The monoisotopic (exact) mass is 388 g/mol. The summed E-state index contributed by atoms with van der Waals surface area (Å²) in [5.41, 5.74) is 9.25. The third kappa shape index (κ3) is 3.63. The molecule has 2 atom stereocenters. The van der Waals surface area contributed by atoms with Crippen molar-refractivity contribution >= 4 is 52.1 Å². The molecule has 0 bridgehead atoms. The zero-order valence-electron chi connectivity index (χ0n) is 13.1. The molecule has 3 rings (SSSR count).